The summed E-state index contributed by atoms with van der Waals surface area (Å²) in [6.07, 6.45) is 0. The third kappa shape index (κ3) is 2.34. The Bertz CT molecular complexity index is 310. The molecule has 3 nitrogen and oxygen atoms in total. The van der Waals surface area contributed by atoms with E-state index < -0.39 is 17.5 Å². The zero-order valence-electron chi connectivity index (χ0n) is 6.09. The second-order valence-electron chi connectivity index (χ2n) is 1.92. The molecule has 0 spiro atoms. The Labute approximate surface area is 75.7 Å². The molecule has 0 saturated heterocycles. The smallest absolute Gasteiger partial charge is 0.195 e. The third-order valence-corrected chi connectivity index (χ3v) is 1.80. The molecule has 0 aliphatic rings. The lowest BCUT2D eigenvalue weighted by atomic mass is 10.3. The van der Waals surface area contributed by atoms with Crippen molar-refractivity contribution in [1.82, 2.24) is 0 Å². The summed E-state index contributed by atoms with van der Waals surface area (Å²) in [7, 11) is 0. The number of halogens is 3. The first-order chi connectivity index (χ1) is 6.16. The highest BCUT2D eigenvalue weighted by Gasteiger charge is 2.14. The molecule has 0 aromatic heterocycles. The van der Waals surface area contributed by atoms with Crippen molar-refractivity contribution in [1.29, 1.82) is 0 Å². The van der Waals surface area contributed by atoms with Crippen molar-refractivity contribution in [2.24, 2.45) is 5.90 Å². The average molecular weight is 211 g/mol. The summed E-state index contributed by atoms with van der Waals surface area (Å²) in [6.45, 7) is 0. The molecule has 0 aliphatic heterocycles. The Kier molecular flexibility index (Phi) is 3.55. The lowest BCUT2D eigenvalue weighted by Crippen LogP contribution is -1.96. The zero-order chi connectivity index (χ0) is 9.84. The van der Waals surface area contributed by atoms with E-state index in [-0.39, 0.29) is 4.90 Å². The van der Waals surface area contributed by atoms with Gasteiger partial charge in [-0.15, -0.1) is 9.32 Å². The summed E-state index contributed by atoms with van der Waals surface area (Å²) in [4.78, 5) is 3.39. The Hall–Kier alpha value is -0.760. The SMILES string of the molecule is NOOSc1ccc(F)c(F)c1F. The van der Waals surface area contributed by atoms with Gasteiger partial charge in [0, 0.05) is 0 Å². The van der Waals surface area contributed by atoms with E-state index in [0.717, 1.165) is 12.1 Å². The fourth-order valence-corrected chi connectivity index (χ4v) is 1.03. The predicted octanol–water partition coefficient (Wildman–Crippen LogP) is 1.93. The molecule has 1 aromatic rings. The van der Waals surface area contributed by atoms with Crippen LogP contribution in [0.15, 0.2) is 17.0 Å². The predicted molar refractivity (Wildman–Crippen MR) is 38.5 cm³/mol. The summed E-state index contributed by atoms with van der Waals surface area (Å²) in [5.74, 6) is 0.283. The van der Waals surface area contributed by atoms with Crippen LogP contribution in [0.4, 0.5) is 13.2 Å². The summed E-state index contributed by atoms with van der Waals surface area (Å²) >= 11 is 0.341. The number of rotatable bonds is 3. The molecule has 0 amide bonds. The van der Waals surface area contributed by atoms with Gasteiger partial charge in [0.25, 0.3) is 0 Å². The first-order valence-electron chi connectivity index (χ1n) is 3.00. The van der Waals surface area contributed by atoms with E-state index in [2.05, 4.69) is 15.2 Å². The van der Waals surface area contributed by atoms with E-state index in [9.17, 15) is 13.2 Å². The molecule has 1 rings (SSSR count). The molecule has 0 aliphatic carbocycles. The first kappa shape index (κ1) is 10.3. The summed E-state index contributed by atoms with van der Waals surface area (Å²) < 4.78 is 41.7. The van der Waals surface area contributed by atoms with Gasteiger partial charge in [-0.05, 0) is 12.1 Å². The van der Waals surface area contributed by atoms with Crippen LogP contribution in [0.5, 0.6) is 0 Å². The monoisotopic (exact) mass is 211 g/mol. The molecule has 0 heterocycles. The lowest BCUT2D eigenvalue weighted by Gasteiger charge is -2.01. The molecule has 0 fully saturated rings. The van der Waals surface area contributed by atoms with E-state index in [1.165, 1.54) is 0 Å². The second-order valence-corrected chi connectivity index (χ2v) is 2.66. The van der Waals surface area contributed by atoms with E-state index in [4.69, 9.17) is 0 Å². The molecular formula is C6H4F3NO2S. The Morgan fingerprint density at radius 3 is 2.46 bits per heavy atom. The standard InChI is InChI=1S/C6H4F3NO2S/c7-3-1-2-4(13-12-11-10)6(9)5(3)8/h1-2H,10H2. The summed E-state index contributed by atoms with van der Waals surface area (Å²) in [6, 6.07) is 1.76. The minimum atomic E-state index is -1.56. The van der Waals surface area contributed by atoms with Crippen LogP contribution in [-0.2, 0) is 9.32 Å². The maximum atomic E-state index is 12.8. The van der Waals surface area contributed by atoms with Crippen LogP contribution < -0.4 is 5.90 Å². The Morgan fingerprint density at radius 1 is 1.15 bits per heavy atom. The molecule has 7 heteroatoms. The quantitative estimate of drug-likeness (QED) is 0.359. The van der Waals surface area contributed by atoms with Crippen LogP contribution in [0.1, 0.15) is 0 Å². The van der Waals surface area contributed by atoms with Gasteiger partial charge in [0.2, 0.25) is 0 Å². The van der Waals surface area contributed by atoms with Gasteiger partial charge in [-0.1, -0.05) is 0 Å². The number of nitrogens with two attached hydrogens (primary N) is 1. The molecule has 2 N–H and O–H groups in total. The van der Waals surface area contributed by atoms with Gasteiger partial charge in [0.05, 0.1) is 16.9 Å². The highest BCUT2D eigenvalue weighted by Crippen LogP contribution is 2.25. The summed E-state index contributed by atoms with van der Waals surface area (Å²) in [5.41, 5.74) is 0. The maximum absolute atomic E-state index is 12.8. The molecule has 1 aromatic carbocycles. The first-order valence-corrected chi connectivity index (χ1v) is 3.74. The molecule has 0 unspecified atom stereocenters. The van der Waals surface area contributed by atoms with Crippen molar-refractivity contribution in [2.45, 2.75) is 4.90 Å². The number of hydrogen-bond acceptors (Lipinski definition) is 4. The van der Waals surface area contributed by atoms with Gasteiger partial charge >= 0.3 is 0 Å². The second kappa shape index (κ2) is 4.47. The van der Waals surface area contributed by atoms with Crippen LogP contribution in [0.2, 0.25) is 0 Å². The van der Waals surface area contributed by atoms with Crippen LogP contribution in [0.25, 0.3) is 0 Å². The number of benzene rings is 1. The van der Waals surface area contributed by atoms with Crippen molar-refractivity contribution in [3.05, 3.63) is 29.6 Å². The fraction of sp³-hybridized carbons (Fsp3) is 0. The van der Waals surface area contributed by atoms with Gasteiger partial charge in [0.1, 0.15) is 0 Å². The molecule has 0 radical (unpaired) electrons. The molecule has 72 valence electrons. The Morgan fingerprint density at radius 2 is 1.85 bits per heavy atom. The molecule has 0 bridgehead atoms. The molecular weight excluding hydrogens is 207 g/mol. The highest BCUT2D eigenvalue weighted by atomic mass is 32.2. The lowest BCUT2D eigenvalue weighted by molar-refractivity contribution is -0.195. The largest absolute Gasteiger partial charge is 0.204 e. The topological polar surface area (TPSA) is 44.5 Å². The van der Waals surface area contributed by atoms with Crippen molar-refractivity contribution >= 4 is 12.0 Å². The van der Waals surface area contributed by atoms with E-state index in [1.54, 1.807) is 0 Å². The molecule has 13 heavy (non-hydrogen) atoms. The minimum Gasteiger partial charge on any atom is -0.204 e. The normalized spacial score (nSPS) is 10.5. The minimum absolute atomic E-state index is 0.260. The van der Waals surface area contributed by atoms with E-state index >= 15 is 0 Å². The van der Waals surface area contributed by atoms with Gasteiger partial charge in [-0.3, -0.25) is 0 Å². The number of hydrogen-bond donors (Lipinski definition) is 1. The Balaban J connectivity index is 2.90. The van der Waals surface area contributed by atoms with Crippen LogP contribution >= 0.6 is 12.0 Å². The molecule has 0 saturated carbocycles. The fourth-order valence-electron chi connectivity index (χ4n) is 0.629. The summed E-state index contributed by atoms with van der Waals surface area (Å²) in [5, 5.41) is 0. The van der Waals surface area contributed by atoms with Crippen molar-refractivity contribution in [3.63, 3.8) is 0 Å². The average Bonchev–Trinajstić information content (AvgIpc) is 2.13. The van der Waals surface area contributed by atoms with Crippen LogP contribution in [0.3, 0.4) is 0 Å². The maximum Gasteiger partial charge on any atom is 0.195 e. The van der Waals surface area contributed by atoms with Gasteiger partial charge in [-0.2, -0.15) is 5.90 Å². The van der Waals surface area contributed by atoms with Gasteiger partial charge < -0.3 is 0 Å². The van der Waals surface area contributed by atoms with Gasteiger partial charge in [-0.25, -0.2) is 13.2 Å². The highest BCUT2D eigenvalue weighted by molar-refractivity contribution is 7.94. The molecule has 0 atom stereocenters. The van der Waals surface area contributed by atoms with Crippen molar-refractivity contribution in [2.75, 3.05) is 0 Å². The zero-order valence-corrected chi connectivity index (χ0v) is 6.91. The van der Waals surface area contributed by atoms with Gasteiger partial charge in [0.15, 0.2) is 17.5 Å². The van der Waals surface area contributed by atoms with Crippen molar-refractivity contribution in [3.8, 4) is 0 Å². The van der Waals surface area contributed by atoms with E-state index in [1.807, 2.05) is 0 Å². The van der Waals surface area contributed by atoms with Crippen molar-refractivity contribution < 1.29 is 22.5 Å². The van der Waals surface area contributed by atoms with Crippen LogP contribution in [-0.4, -0.2) is 0 Å². The third-order valence-electron chi connectivity index (χ3n) is 1.16. The van der Waals surface area contributed by atoms with E-state index in [0.29, 0.717) is 12.0 Å². The van der Waals surface area contributed by atoms with Crippen LogP contribution in [0, 0.1) is 17.5 Å².